The molecule has 10 atom stereocenters. The zero-order chi connectivity index (χ0) is 39.6. The first-order valence-corrected chi connectivity index (χ1v) is 18.7. The zero-order valence-electron chi connectivity index (χ0n) is 31.7. The molecule has 1 aliphatic carbocycles. The third-order valence-corrected chi connectivity index (χ3v) is 9.92. The van der Waals surface area contributed by atoms with Gasteiger partial charge in [0.1, 0.15) is 61.0 Å². The smallest absolute Gasteiger partial charge is 0.219 e. The molecule has 1 spiro atoms. The van der Waals surface area contributed by atoms with Gasteiger partial charge in [0.15, 0.2) is 0 Å². The molecule has 8 unspecified atom stereocenters. The fraction of sp³-hybridized carbons (Fsp3) is 0.585. The van der Waals surface area contributed by atoms with Gasteiger partial charge in [-0.25, -0.2) is 0 Å². The van der Waals surface area contributed by atoms with Crippen LogP contribution in [0, 0.1) is 23.7 Å². The van der Waals surface area contributed by atoms with Gasteiger partial charge in [-0.2, -0.15) is 0 Å². The average molecular weight is 740 g/mol. The van der Waals surface area contributed by atoms with Crippen molar-refractivity contribution in [3.63, 3.8) is 0 Å². The summed E-state index contributed by atoms with van der Waals surface area (Å²) in [5, 5.41) is 80.4. The van der Waals surface area contributed by atoms with E-state index in [0.29, 0.717) is 37.1 Å². The molecule has 0 saturated carbocycles. The Morgan fingerprint density at radius 3 is 1.38 bits per heavy atom. The summed E-state index contributed by atoms with van der Waals surface area (Å²) in [5.74, 6) is 11.7. The van der Waals surface area contributed by atoms with Gasteiger partial charge < -0.3 is 55.2 Å². The maximum Gasteiger partial charge on any atom is 0.219 e. The summed E-state index contributed by atoms with van der Waals surface area (Å²) in [6.45, 7) is 13.5. The molecular weight excluding hydrogens is 682 g/mol. The third kappa shape index (κ3) is 8.96. The van der Waals surface area contributed by atoms with Gasteiger partial charge in [-0.15, -0.1) is 0 Å². The second-order valence-electron chi connectivity index (χ2n) is 12.6. The van der Waals surface area contributed by atoms with Gasteiger partial charge in [-0.05, 0) is 59.4 Å². The molecule has 0 aromatic heterocycles. The summed E-state index contributed by atoms with van der Waals surface area (Å²) in [4.78, 5) is 14.0. The van der Waals surface area contributed by atoms with Crippen LogP contribution in [0.3, 0.4) is 0 Å². The molecule has 8 N–H and O–H groups in total. The zero-order valence-corrected chi connectivity index (χ0v) is 31.7. The maximum absolute atomic E-state index is 12.2. The Morgan fingerprint density at radius 2 is 1.04 bits per heavy atom. The number of hydrogen-bond donors (Lipinski definition) is 8. The number of nitrogens with zero attached hydrogens (tertiary/aromatic N) is 1. The molecule has 12 nitrogen and oxygen atoms in total. The fourth-order valence-electron chi connectivity index (χ4n) is 7.14. The third-order valence-electron chi connectivity index (χ3n) is 9.92. The van der Waals surface area contributed by atoms with E-state index in [9.17, 15) is 45.6 Å². The van der Waals surface area contributed by atoms with Crippen molar-refractivity contribution in [2.24, 2.45) is 0 Å². The van der Waals surface area contributed by atoms with E-state index in [0.717, 1.165) is 22.3 Å². The summed E-state index contributed by atoms with van der Waals surface area (Å²) >= 11 is 0. The van der Waals surface area contributed by atoms with Crippen LogP contribution in [0.4, 0.5) is 0 Å². The number of amides is 1. The van der Waals surface area contributed by atoms with Gasteiger partial charge in [0, 0.05) is 36.6 Å². The molecule has 53 heavy (non-hydrogen) atoms. The van der Waals surface area contributed by atoms with Crippen LogP contribution in [-0.2, 0) is 19.7 Å². The Balaban J connectivity index is 0.00000120. The lowest BCUT2D eigenvalue weighted by molar-refractivity contribution is -0.214. The lowest BCUT2D eigenvalue weighted by Gasteiger charge is -2.40. The number of aliphatic hydroxyl groups is 8. The van der Waals surface area contributed by atoms with E-state index in [4.69, 9.17) is 9.47 Å². The normalized spacial score (nSPS) is 30.5. The first kappa shape index (κ1) is 44.0. The molecule has 0 bridgehead atoms. The topological polar surface area (TPSA) is 201 Å². The van der Waals surface area contributed by atoms with Crippen molar-refractivity contribution in [2.45, 2.75) is 128 Å². The van der Waals surface area contributed by atoms with Crippen molar-refractivity contribution < 1.29 is 55.1 Å². The van der Waals surface area contributed by atoms with Crippen molar-refractivity contribution in [3.05, 3.63) is 58.7 Å². The van der Waals surface area contributed by atoms with Crippen LogP contribution >= 0.6 is 0 Å². The molecule has 4 aliphatic rings. The van der Waals surface area contributed by atoms with Gasteiger partial charge in [0.2, 0.25) is 5.91 Å². The Morgan fingerprint density at radius 1 is 0.660 bits per heavy atom. The number of aliphatic hydroxyl groups excluding tert-OH is 8. The predicted octanol–water partition coefficient (Wildman–Crippen LogP) is 1.06. The molecule has 1 amide bonds. The number of fused-ring (bicyclic) bond motifs is 5. The highest BCUT2D eigenvalue weighted by atomic mass is 16.5. The van der Waals surface area contributed by atoms with E-state index in [1.165, 1.54) is 0 Å². The van der Waals surface area contributed by atoms with Crippen LogP contribution in [0.15, 0.2) is 36.4 Å². The Labute approximate surface area is 313 Å². The molecule has 3 aliphatic heterocycles. The van der Waals surface area contributed by atoms with Gasteiger partial charge in [-0.3, -0.25) is 4.79 Å². The molecule has 3 saturated heterocycles. The molecule has 12 heteroatoms. The van der Waals surface area contributed by atoms with Crippen LogP contribution < -0.4 is 0 Å². The minimum Gasteiger partial charge on any atom is -0.394 e. The number of carbonyl (C=O) groups excluding carboxylic acids is 1. The van der Waals surface area contributed by atoms with Gasteiger partial charge in [0.05, 0.1) is 13.2 Å². The fourth-order valence-corrected chi connectivity index (χ4v) is 7.14. The first-order chi connectivity index (χ1) is 25.5. The monoisotopic (exact) mass is 739 g/mol. The van der Waals surface area contributed by atoms with E-state index in [-0.39, 0.29) is 5.91 Å². The Kier molecular flexibility index (Phi) is 16.5. The molecular formula is C41H57NO11. The van der Waals surface area contributed by atoms with Crippen molar-refractivity contribution >= 4 is 5.91 Å². The first-order valence-electron chi connectivity index (χ1n) is 18.7. The molecule has 3 fully saturated rings. The maximum atomic E-state index is 12.2. The second kappa shape index (κ2) is 19.8. The van der Waals surface area contributed by atoms with Crippen LogP contribution in [0.5, 0.6) is 0 Å². The molecule has 3 heterocycles. The van der Waals surface area contributed by atoms with E-state index < -0.39 is 79.7 Å². The summed E-state index contributed by atoms with van der Waals surface area (Å²) in [7, 11) is 0. The van der Waals surface area contributed by atoms with Crippen LogP contribution in [-0.4, -0.2) is 139 Å². The lowest BCUT2D eigenvalue weighted by Crippen LogP contribution is -2.58. The SMILES string of the molecule is CC.CC.CC.CC(=O)N1CCC2(CC1)c1cc(C#CC3OC(CO)[C@@H](O)C(O)C3O)ccc1-c1ccc(C#CC3OC(CO)[C@@H](O)C(O)C3O)cc12. The number of piperidine rings is 1. The number of benzene rings is 2. The highest BCUT2D eigenvalue weighted by molar-refractivity contribution is 5.83. The highest BCUT2D eigenvalue weighted by Gasteiger charge is 2.47. The molecule has 292 valence electrons. The average Bonchev–Trinajstić information content (AvgIpc) is 3.45. The standard InChI is InChI=1S/C35H39NO11.3C2H6/c1-18(39)36-12-10-35(11-13-36)23-14-19(4-8-25-29(40)33(44)31(42)27(16-37)46-25)2-6-21(23)22-7-3-20(15-24(22)35)5-9-26-30(41)34(45)32(43)28(17-38)47-26;3*1-2/h2-3,6-7,14-15,25-34,37-38,40-45H,10-13,16-17H2,1H3;3*1-2H3/t25?,26?,27?,28?,29?,30?,31-,32-,33?,34?;;;/m1.../s1. The van der Waals surface area contributed by atoms with E-state index in [2.05, 4.69) is 23.7 Å². The van der Waals surface area contributed by atoms with E-state index in [1.54, 1.807) is 6.92 Å². The van der Waals surface area contributed by atoms with Crippen LogP contribution in [0.2, 0.25) is 0 Å². The quantitative estimate of drug-likeness (QED) is 0.205. The summed E-state index contributed by atoms with van der Waals surface area (Å²) in [6.07, 6.45) is -12.0. The highest BCUT2D eigenvalue weighted by Crippen LogP contribution is 2.54. The van der Waals surface area contributed by atoms with E-state index >= 15 is 0 Å². The molecule has 2 aromatic carbocycles. The van der Waals surface area contributed by atoms with Gasteiger partial charge >= 0.3 is 0 Å². The number of ether oxygens (including phenoxy) is 2. The van der Waals surface area contributed by atoms with Crippen LogP contribution in [0.25, 0.3) is 11.1 Å². The molecule has 6 rings (SSSR count). The predicted molar refractivity (Wildman–Crippen MR) is 199 cm³/mol. The van der Waals surface area contributed by atoms with Crippen molar-refractivity contribution in [3.8, 4) is 34.8 Å². The summed E-state index contributed by atoms with van der Waals surface area (Å²) in [5.41, 5.74) is 4.84. The minimum atomic E-state index is -1.53. The number of carbonyl (C=O) groups is 1. The van der Waals surface area contributed by atoms with E-state index in [1.807, 2.05) is 82.8 Å². The van der Waals surface area contributed by atoms with Crippen LogP contribution in [0.1, 0.15) is 83.6 Å². The van der Waals surface area contributed by atoms with Crippen molar-refractivity contribution in [1.29, 1.82) is 0 Å². The van der Waals surface area contributed by atoms with Crippen molar-refractivity contribution in [2.75, 3.05) is 26.3 Å². The lowest BCUT2D eigenvalue weighted by atomic mass is 9.70. The molecule has 2 aromatic rings. The van der Waals surface area contributed by atoms with Gasteiger partial charge in [-0.1, -0.05) is 77.4 Å². The Hall–Kier alpha value is -3.37. The summed E-state index contributed by atoms with van der Waals surface area (Å²) < 4.78 is 11.1. The number of rotatable bonds is 2. The summed E-state index contributed by atoms with van der Waals surface area (Å²) in [6, 6.07) is 11.6. The molecule has 0 radical (unpaired) electrons. The second-order valence-corrected chi connectivity index (χ2v) is 12.6. The van der Waals surface area contributed by atoms with Crippen molar-refractivity contribution in [1.82, 2.24) is 4.90 Å². The minimum absolute atomic E-state index is 0.00316. The number of hydrogen-bond acceptors (Lipinski definition) is 11. The Bertz CT molecular complexity index is 1520. The largest absolute Gasteiger partial charge is 0.394 e. The number of likely N-dealkylation sites (tertiary alicyclic amines) is 1. The van der Waals surface area contributed by atoms with Gasteiger partial charge in [0.25, 0.3) is 0 Å².